The second-order valence-electron chi connectivity index (χ2n) is 8.36. The zero-order chi connectivity index (χ0) is 26.7. The molecule has 0 bridgehead atoms. The topological polar surface area (TPSA) is 131 Å². The summed E-state index contributed by atoms with van der Waals surface area (Å²) in [5.41, 5.74) is 2.66. The summed E-state index contributed by atoms with van der Waals surface area (Å²) in [5.74, 6) is 0.882. The summed E-state index contributed by atoms with van der Waals surface area (Å²) in [6, 6.07) is 11.1. The average Bonchev–Trinajstić information content (AvgIpc) is 3.28. The molecule has 2 heterocycles. The highest BCUT2D eigenvalue weighted by Gasteiger charge is 2.41. The van der Waals surface area contributed by atoms with Gasteiger partial charge < -0.3 is 14.2 Å². The zero-order valence-electron chi connectivity index (χ0n) is 20.8. The molecule has 0 atom stereocenters. The maximum atomic E-state index is 12.6. The average molecular weight is 543 g/mol. The van der Waals surface area contributed by atoms with Crippen LogP contribution in [-0.4, -0.2) is 62.0 Å². The van der Waals surface area contributed by atoms with Crippen LogP contribution in [0.2, 0.25) is 0 Å². The number of para-hydroxylation sites is 1. The number of carbonyl (C=O) groups is 1. The summed E-state index contributed by atoms with van der Waals surface area (Å²) in [7, 11) is -2.22. The van der Waals surface area contributed by atoms with Gasteiger partial charge in [0, 0.05) is 12.7 Å². The monoisotopic (exact) mass is 542 g/mol. The Hall–Kier alpha value is -3.64. The maximum absolute atomic E-state index is 12.6. The zero-order valence-corrected chi connectivity index (χ0v) is 22.4. The number of sulfone groups is 1. The molecule has 0 unspecified atom stereocenters. The Labute approximate surface area is 219 Å². The Morgan fingerprint density at radius 3 is 2.46 bits per heavy atom. The Balaban J connectivity index is 1.44. The van der Waals surface area contributed by atoms with Gasteiger partial charge in [-0.1, -0.05) is 24.3 Å². The van der Waals surface area contributed by atoms with Crippen LogP contribution in [0.5, 0.6) is 17.2 Å². The second kappa shape index (κ2) is 10.8. The van der Waals surface area contributed by atoms with Gasteiger partial charge >= 0.3 is 0 Å². The van der Waals surface area contributed by atoms with E-state index < -0.39 is 15.7 Å². The van der Waals surface area contributed by atoms with E-state index in [-0.39, 0.29) is 21.7 Å². The minimum Gasteiger partial charge on any atom is -0.493 e. The number of aliphatic imine (C=N–C) groups is 1. The van der Waals surface area contributed by atoms with Crippen molar-refractivity contribution in [2.45, 2.75) is 20.3 Å². The fourth-order valence-electron chi connectivity index (χ4n) is 3.74. The minimum absolute atomic E-state index is 0.0375. The number of nitrogens with one attached hydrogen (secondary N) is 1. The van der Waals surface area contributed by atoms with E-state index in [1.165, 1.54) is 13.2 Å². The molecule has 1 N–H and O–H groups in total. The standard InChI is InChI=1S/C25H26N4O6S2/c1-15-7-5-8-16(2)21(15)35-12-6-11-34-19-10-9-17(14-20(19)33-3)13-18-22(26)29-24(27-23(18)30)36-28-25(29)37(4,31)32/h5,7-10,13-14,26H,6,11-12H2,1-4H3/b18-13-,26-22?. The summed E-state index contributed by atoms with van der Waals surface area (Å²) < 4.78 is 45.2. The summed E-state index contributed by atoms with van der Waals surface area (Å²) in [6.45, 7) is 4.92. The smallest absolute Gasteiger partial charge is 0.283 e. The number of methoxy groups -OCH3 is 1. The number of rotatable bonds is 8. The molecule has 0 radical (unpaired) electrons. The van der Waals surface area contributed by atoms with Gasteiger partial charge in [0.1, 0.15) is 11.6 Å². The van der Waals surface area contributed by atoms with E-state index in [1.807, 2.05) is 32.0 Å². The van der Waals surface area contributed by atoms with E-state index in [0.29, 0.717) is 36.7 Å². The van der Waals surface area contributed by atoms with Crippen molar-refractivity contribution in [1.29, 1.82) is 5.41 Å². The molecule has 1 amide bonds. The number of nitrogens with zero attached hydrogens (tertiary/aromatic N) is 3. The molecule has 10 nitrogen and oxygen atoms in total. The van der Waals surface area contributed by atoms with E-state index in [0.717, 1.165) is 40.0 Å². The van der Waals surface area contributed by atoms with Crippen molar-refractivity contribution in [1.82, 2.24) is 4.90 Å². The van der Waals surface area contributed by atoms with Crippen molar-refractivity contribution in [3.8, 4) is 17.2 Å². The highest BCUT2D eigenvalue weighted by Crippen LogP contribution is 2.32. The quantitative estimate of drug-likeness (QED) is 0.303. The number of aryl methyl sites for hydroxylation is 2. The van der Waals surface area contributed by atoms with Gasteiger partial charge in [-0.2, -0.15) is 9.39 Å². The molecule has 2 aromatic rings. The minimum atomic E-state index is -3.72. The molecule has 2 aliphatic rings. The maximum Gasteiger partial charge on any atom is 0.283 e. The Morgan fingerprint density at radius 1 is 1.08 bits per heavy atom. The lowest BCUT2D eigenvalue weighted by Gasteiger charge is -2.23. The molecule has 0 fully saturated rings. The van der Waals surface area contributed by atoms with Gasteiger partial charge in [0.05, 0.1) is 37.8 Å². The molecule has 194 valence electrons. The summed E-state index contributed by atoms with van der Waals surface area (Å²) in [6.07, 6.45) is 3.10. The van der Waals surface area contributed by atoms with E-state index in [4.69, 9.17) is 19.6 Å². The first-order valence-corrected chi connectivity index (χ1v) is 14.0. The van der Waals surface area contributed by atoms with Crippen LogP contribution in [-0.2, 0) is 14.6 Å². The molecule has 37 heavy (non-hydrogen) atoms. The van der Waals surface area contributed by atoms with Crippen molar-refractivity contribution < 1.29 is 27.4 Å². The normalized spacial score (nSPS) is 16.4. The molecule has 0 saturated heterocycles. The summed E-state index contributed by atoms with van der Waals surface area (Å²) in [4.78, 5) is 17.5. The predicted molar refractivity (Wildman–Crippen MR) is 144 cm³/mol. The fourth-order valence-corrected chi connectivity index (χ4v) is 5.58. The third-order valence-electron chi connectivity index (χ3n) is 5.53. The molecule has 0 saturated carbocycles. The van der Waals surface area contributed by atoms with Crippen LogP contribution >= 0.6 is 11.9 Å². The fraction of sp³-hybridized carbons (Fsp3) is 0.280. The van der Waals surface area contributed by atoms with E-state index in [1.54, 1.807) is 18.2 Å². The first-order chi connectivity index (χ1) is 17.6. The van der Waals surface area contributed by atoms with Gasteiger partial charge in [0.15, 0.2) is 11.5 Å². The number of hydrogen-bond acceptors (Lipinski definition) is 9. The number of amidine groups is 3. The molecule has 2 aliphatic heterocycles. The molecule has 0 spiro atoms. The van der Waals surface area contributed by atoms with E-state index in [9.17, 15) is 13.2 Å². The van der Waals surface area contributed by atoms with Crippen molar-refractivity contribution in [2.75, 3.05) is 26.6 Å². The third-order valence-corrected chi connectivity index (χ3v) is 7.28. The molecule has 12 heteroatoms. The lowest BCUT2D eigenvalue weighted by atomic mass is 10.1. The van der Waals surface area contributed by atoms with Crippen molar-refractivity contribution in [2.24, 2.45) is 9.39 Å². The number of hydrogen-bond donors (Lipinski definition) is 1. The van der Waals surface area contributed by atoms with Gasteiger partial charge in [0.25, 0.3) is 5.91 Å². The van der Waals surface area contributed by atoms with Crippen LogP contribution in [0.4, 0.5) is 0 Å². The molecular formula is C25H26N4O6S2. The Bertz CT molecular complexity index is 1440. The number of ether oxygens (including phenoxy) is 3. The van der Waals surface area contributed by atoms with Crippen molar-refractivity contribution in [3.63, 3.8) is 0 Å². The lowest BCUT2D eigenvalue weighted by molar-refractivity contribution is -0.114. The number of fused-ring (bicyclic) bond motifs is 1. The van der Waals surface area contributed by atoms with Crippen molar-refractivity contribution in [3.05, 3.63) is 58.7 Å². The van der Waals surface area contributed by atoms with Gasteiger partial charge in [0.2, 0.25) is 20.2 Å². The number of carbonyl (C=O) groups excluding carboxylic acids is 1. The molecule has 4 rings (SSSR count). The number of benzene rings is 2. The van der Waals surface area contributed by atoms with Crippen molar-refractivity contribution >= 4 is 49.9 Å². The molecule has 0 aliphatic carbocycles. The van der Waals surface area contributed by atoms with Gasteiger partial charge in [-0.05, 0) is 48.7 Å². The van der Waals surface area contributed by atoms with E-state index >= 15 is 0 Å². The summed E-state index contributed by atoms with van der Waals surface area (Å²) >= 11 is 0.746. The van der Waals surface area contributed by atoms with Crippen LogP contribution in [0, 0.1) is 19.3 Å². The van der Waals surface area contributed by atoms with Crippen LogP contribution < -0.4 is 14.2 Å². The molecule has 0 aromatic heterocycles. The largest absolute Gasteiger partial charge is 0.493 e. The van der Waals surface area contributed by atoms with Gasteiger partial charge in [-0.25, -0.2) is 13.3 Å². The van der Waals surface area contributed by atoms with Crippen LogP contribution in [0.1, 0.15) is 23.1 Å². The molecular weight excluding hydrogens is 516 g/mol. The molecule has 2 aromatic carbocycles. The van der Waals surface area contributed by atoms with Crippen LogP contribution in [0.3, 0.4) is 0 Å². The Kier molecular flexibility index (Phi) is 7.69. The summed E-state index contributed by atoms with van der Waals surface area (Å²) in [5, 5.41) is 8.16. The Morgan fingerprint density at radius 2 is 1.78 bits per heavy atom. The van der Waals surface area contributed by atoms with Crippen LogP contribution in [0.15, 0.2) is 51.4 Å². The predicted octanol–water partition coefficient (Wildman–Crippen LogP) is 3.78. The van der Waals surface area contributed by atoms with E-state index in [2.05, 4.69) is 9.39 Å². The third kappa shape index (κ3) is 5.70. The van der Waals surface area contributed by atoms with Gasteiger partial charge in [-0.15, -0.1) is 0 Å². The van der Waals surface area contributed by atoms with Gasteiger partial charge in [-0.3, -0.25) is 10.2 Å². The first kappa shape index (κ1) is 26.4. The lowest BCUT2D eigenvalue weighted by Crippen LogP contribution is -2.45. The highest BCUT2D eigenvalue weighted by atomic mass is 32.2. The SMILES string of the molecule is COc1cc(/C=C2/C(=N)N3C(=NC2=O)SN=C3S(C)(=O)=O)ccc1OCCCOc1c(C)cccc1C. The van der Waals surface area contributed by atoms with Crippen LogP contribution in [0.25, 0.3) is 6.08 Å². The second-order valence-corrected chi connectivity index (χ2v) is 11.0. The first-order valence-electron chi connectivity index (χ1n) is 11.3. The highest BCUT2D eigenvalue weighted by molar-refractivity contribution is 8.16. The number of amides is 1.